The number of benzene rings is 1. The van der Waals surface area contributed by atoms with Crippen LogP contribution in [-0.4, -0.2) is 5.96 Å². The summed E-state index contributed by atoms with van der Waals surface area (Å²) in [5.41, 5.74) is 5.21. The van der Waals surface area contributed by atoms with E-state index < -0.39 is 11.7 Å². The number of halogens is 4. The molecule has 0 bridgehead atoms. The molecule has 0 heterocycles. The minimum absolute atomic E-state index is 0.0184. The number of aliphatic imine (C=N–C) groups is 1. The molecule has 1 unspecified atom stereocenters. The van der Waals surface area contributed by atoms with Crippen LogP contribution in [0.1, 0.15) is 5.56 Å². The van der Waals surface area contributed by atoms with E-state index in [-0.39, 0.29) is 11.0 Å². The summed E-state index contributed by atoms with van der Waals surface area (Å²) < 4.78 is 36.9. The Balaban J connectivity index is 2.85. The fourth-order valence-corrected chi connectivity index (χ4v) is 1.43. The number of nitrogens with zero attached hydrogens (tertiary/aromatic N) is 1. The van der Waals surface area contributed by atoms with E-state index in [1.165, 1.54) is 18.1 Å². The van der Waals surface area contributed by atoms with Crippen molar-refractivity contribution in [2.45, 2.75) is 6.18 Å². The fraction of sp³-hybridized carbons (Fsp3) is 0.100. The van der Waals surface area contributed by atoms with Gasteiger partial charge in [-0.15, -0.1) is 0 Å². The van der Waals surface area contributed by atoms with E-state index >= 15 is 0 Å². The van der Waals surface area contributed by atoms with Crippen LogP contribution in [0.15, 0.2) is 40.2 Å². The van der Waals surface area contributed by atoms with Gasteiger partial charge in [0, 0.05) is 11.6 Å². The highest BCUT2D eigenvalue weighted by atomic mass is 35.5. The van der Waals surface area contributed by atoms with Crippen LogP contribution in [0, 0.1) is 0 Å². The van der Waals surface area contributed by atoms with Gasteiger partial charge in [0.15, 0.2) is 5.16 Å². The second-order valence-electron chi connectivity index (χ2n) is 3.18. The highest BCUT2D eigenvalue weighted by molar-refractivity contribution is 7.36. The number of hydrogen-bond donors (Lipinski definition) is 2. The third kappa shape index (κ3) is 4.20. The number of nitrogens with two attached hydrogens (primary N) is 1. The average Bonchev–Trinajstić information content (AvgIpc) is 2.28. The lowest BCUT2D eigenvalue weighted by Gasteiger charge is -2.09. The molecule has 0 aliphatic heterocycles. The lowest BCUT2D eigenvalue weighted by atomic mass is 10.2. The summed E-state index contributed by atoms with van der Waals surface area (Å²) in [6, 6.07) is 4.40. The van der Waals surface area contributed by atoms with Gasteiger partial charge in [0.05, 0.1) is 5.56 Å². The van der Waals surface area contributed by atoms with E-state index in [0.717, 1.165) is 12.1 Å². The maximum Gasteiger partial charge on any atom is 0.416 e. The molecule has 3 N–H and O–H groups in total. The van der Waals surface area contributed by atoms with Gasteiger partial charge in [0.1, 0.15) is 5.82 Å². The van der Waals surface area contributed by atoms with Crippen LogP contribution in [0.3, 0.4) is 0 Å². The van der Waals surface area contributed by atoms with Crippen LogP contribution in [0.2, 0.25) is 0 Å². The van der Waals surface area contributed by atoms with E-state index in [0.29, 0.717) is 5.69 Å². The van der Waals surface area contributed by atoms with Crippen molar-refractivity contribution in [1.82, 2.24) is 0 Å². The third-order valence-corrected chi connectivity index (χ3v) is 2.35. The van der Waals surface area contributed by atoms with E-state index in [1.54, 1.807) is 0 Å². The Labute approximate surface area is 109 Å². The SMILES string of the molecule is N/C(Nc1ccc(C(F)(F)F)cc1)=C(Cl)\N=C/P. The molecule has 0 saturated heterocycles. The smallest absolute Gasteiger partial charge is 0.383 e. The zero-order valence-corrected chi connectivity index (χ0v) is 10.9. The van der Waals surface area contributed by atoms with Gasteiger partial charge in [-0.25, -0.2) is 4.99 Å². The first kappa shape index (κ1) is 14.8. The highest BCUT2D eigenvalue weighted by Crippen LogP contribution is 2.30. The Morgan fingerprint density at radius 1 is 1.33 bits per heavy atom. The van der Waals surface area contributed by atoms with E-state index in [9.17, 15) is 13.2 Å². The molecule has 3 nitrogen and oxygen atoms in total. The number of alkyl halides is 3. The second-order valence-corrected chi connectivity index (χ2v) is 3.84. The zero-order valence-electron chi connectivity index (χ0n) is 9.00. The first-order valence-electron chi connectivity index (χ1n) is 4.68. The first-order valence-corrected chi connectivity index (χ1v) is 5.73. The Morgan fingerprint density at radius 2 is 1.89 bits per heavy atom. The number of rotatable bonds is 3. The minimum atomic E-state index is -4.36. The van der Waals surface area contributed by atoms with Crippen molar-refractivity contribution in [3.05, 3.63) is 40.8 Å². The van der Waals surface area contributed by atoms with Crippen molar-refractivity contribution in [3.63, 3.8) is 0 Å². The fourth-order valence-electron chi connectivity index (χ4n) is 1.08. The highest BCUT2D eigenvalue weighted by Gasteiger charge is 2.29. The summed E-state index contributed by atoms with van der Waals surface area (Å²) in [6.07, 6.45) is -4.36. The standard InChI is InChI=1S/C10H10ClF3N3P/c11-8(16-5-18)9(15)17-7-3-1-6(2-4-7)10(12,13)14/h1-5,17H,15,18H2/b9-8+,16-5-. The topological polar surface area (TPSA) is 50.4 Å². The van der Waals surface area contributed by atoms with Gasteiger partial charge in [0.25, 0.3) is 0 Å². The van der Waals surface area contributed by atoms with E-state index in [2.05, 4.69) is 19.5 Å². The van der Waals surface area contributed by atoms with Gasteiger partial charge >= 0.3 is 6.18 Å². The maximum absolute atomic E-state index is 12.3. The Kier molecular flexibility index (Phi) is 4.99. The van der Waals surface area contributed by atoms with Gasteiger partial charge in [-0.3, -0.25) is 0 Å². The van der Waals surface area contributed by atoms with Crippen molar-refractivity contribution in [2.75, 3.05) is 5.32 Å². The molecule has 0 aromatic heterocycles. The van der Waals surface area contributed by atoms with Crippen LogP contribution >= 0.6 is 20.8 Å². The molecular formula is C10H10ClF3N3P. The summed E-state index contributed by atoms with van der Waals surface area (Å²) in [5, 5.41) is 2.66. The number of nitrogens with one attached hydrogen (secondary N) is 1. The molecule has 1 aromatic rings. The molecule has 1 aromatic carbocycles. The molecule has 8 heteroatoms. The molecule has 1 atom stereocenters. The number of anilines is 1. The van der Waals surface area contributed by atoms with Gasteiger partial charge < -0.3 is 11.1 Å². The molecule has 0 fully saturated rings. The van der Waals surface area contributed by atoms with Gasteiger partial charge in [-0.2, -0.15) is 13.2 Å². The molecule has 98 valence electrons. The molecule has 0 spiro atoms. The molecule has 18 heavy (non-hydrogen) atoms. The summed E-state index contributed by atoms with van der Waals surface area (Å²) >= 11 is 5.69. The predicted octanol–water partition coefficient (Wildman–Crippen LogP) is 3.34. The van der Waals surface area contributed by atoms with Gasteiger partial charge in [-0.1, -0.05) is 20.8 Å². The monoisotopic (exact) mass is 295 g/mol. The zero-order chi connectivity index (χ0) is 13.8. The molecule has 0 aliphatic carbocycles. The maximum atomic E-state index is 12.3. The van der Waals surface area contributed by atoms with Crippen LogP contribution in [0.5, 0.6) is 0 Å². The van der Waals surface area contributed by atoms with Crippen LogP contribution in [0.25, 0.3) is 0 Å². The lowest BCUT2D eigenvalue weighted by Crippen LogP contribution is -2.11. The first-order chi connectivity index (χ1) is 8.34. The van der Waals surface area contributed by atoms with E-state index in [1.807, 2.05) is 0 Å². The van der Waals surface area contributed by atoms with Crippen molar-refractivity contribution in [1.29, 1.82) is 0 Å². The van der Waals surface area contributed by atoms with Gasteiger partial charge in [-0.05, 0) is 24.3 Å². The largest absolute Gasteiger partial charge is 0.416 e. The van der Waals surface area contributed by atoms with Crippen molar-refractivity contribution >= 4 is 32.5 Å². The lowest BCUT2D eigenvalue weighted by molar-refractivity contribution is -0.137. The van der Waals surface area contributed by atoms with E-state index in [4.69, 9.17) is 17.3 Å². The van der Waals surface area contributed by atoms with Crippen molar-refractivity contribution in [3.8, 4) is 0 Å². The molecule has 0 radical (unpaired) electrons. The quantitative estimate of drug-likeness (QED) is 0.510. The average molecular weight is 296 g/mol. The molecular weight excluding hydrogens is 286 g/mol. The van der Waals surface area contributed by atoms with Crippen molar-refractivity contribution in [2.24, 2.45) is 10.7 Å². The van der Waals surface area contributed by atoms with Crippen molar-refractivity contribution < 1.29 is 13.2 Å². The van der Waals surface area contributed by atoms with Crippen LogP contribution in [0.4, 0.5) is 18.9 Å². The minimum Gasteiger partial charge on any atom is -0.383 e. The summed E-state index contributed by atoms with van der Waals surface area (Å²) in [6.45, 7) is 0. The summed E-state index contributed by atoms with van der Waals surface area (Å²) in [4.78, 5) is 3.69. The molecule has 0 amide bonds. The summed E-state index contributed by atoms with van der Waals surface area (Å²) in [5.74, 6) is 1.42. The Bertz CT molecular complexity index is 468. The predicted molar refractivity (Wildman–Crippen MR) is 70.3 cm³/mol. The summed E-state index contributed by atoms with van der Waals surface area (Å²) in [7, 11) is 2.22. The van der Waals surface area contributed by atoms with Crippen LogP contribution < -0.4 is 11.1 Å². The third-order valence-electron chi connectivity index (χ3n) is 1.90. The molecule has 0 saturated carbocycles. The van der Waals surface area contributed by atoms with Crippen LogP contribution in [-0.2, 0) is 6.18 Å². The Morgan fingerprint density at radius 3 is 2.33 bits per heavy atom. The normalized spacial score (nSPS) is 13.6. The molecule has 0 aliphatic rings. The Hall–Kier alpha value is -1.26. The number of hydrogen-bond acceptors (Lipinski definition) is 3. The van der Waals surface area contributed by atoms with Gasteiger partial charge in [0.2, 0.25) is 0 Å². The second kappa shape index (κ2) is 6.07. The molecule has 1 rings (SSSR count).